The first-order valence-corrected chi connectivity index (χ1v) is 0. The molecule has 0 aliphatic heterocycles. The molecular weight excluding hydrogens is 166 g/mol. The Morgan fingerprint density at radius 3 is 0.333 bits per heavy atom. The molecule has 0 saturated heterocycles. The molecule has 0 saturated carbocycles. The standard InChI is InChI=1S/8FH.H3N/h8*1H;1H3. The topological polar surface area (TPSA) is 36.5 Å². The molecule has 1 nitrogen and oxygen atoms in total. The van der Waals surface area contributed by atoms with E-state index >= 15 is 0 Å². The zero-order valence-electron chi connectivity index (χ0n) is 4.24. The molecule has 0 atom stereocenters. The van der Waals surface area contributed by atoms with Crippen LogP contribution in [0.25, 0.3) is 0 Å². The fraction of sp³-hybridized carbons (Fsp3) is 0. The van der Waals surface area contributed by atoms with Crippen molar-refractivity contribution < 1.29 is 37.6 Å². The average Bonchev–Trinajstić information content (AvgIpc) is 0. The summed E-state index contributed by atoms with van der Waals surface area (Å²) in [6, 6.07) is 0. The van der Waals surface area contributed by atoms with Crippen LogP contribution in [-0.2, 0) is 0 Å². The first-order chi connectivity index (χ1) is 0. The summed E-state index contributed by atoms with van der Waals surface area (Å²) in [6.45, 7) is 0. The predicted octanol–water partition coefficient (Wildman–Crippen LogP) is -1.55. The quantitative estimate of drug-likeness (QED) is 0.435. The molecule has 0 spiro atoms. The lowest BCUT2D eigenvalue weighted by atomic mass is 14.0. The van der Waals surface area contributed by atoms with Gasteiger partial charge in [-0.3, -0.25) is 32.9 Å². The van der Waals surface area contributed by atoms with Crippen molar-refractivity contribution in [1.82, 2.24) is 6.15 Å². The van der Waals surface area contributed by atoms with Crippen molar-refractivity contribution in [1.29, 1.82) is 0 Å². The predicted molar refractivity (Wildman–Crippen MR) is 23.5 cm³/mol. The molecule has 72 valence electrons. The third-order valence-corrected chi connectivity index (χ3v) is 0. The lowest BCUT2D eigenvalue weighted by molar-refractivity contribution is -0.00000675. The Morgan fingerprint density at radius 1 is 0.333 bits per heavy atom. The maximum absolute atomic E-state index is 0. The van der Waals surface area contributed by atoms with Gasteiger partial charge in [-0.05, 0) is 0 Å². The third kappa shape index (κ3) is 599. The zero-order chi connectivity index (χ0) is 0. The van der Waals surface area contributed by atoms with Crippen molar-refractivity contribution in [3.63, 3.8) is 0 Å². The van der Waals surface area contributed by atoms with Gasteiger partial charge in [-0.15, -0.1) is 0 Å². The van der Waals surface area contributed by atoms with E-state index < -0.39 is 0 Å². The van der Waals surface area contributed by atoms with Gasteiger partial charge in [-0.1, -0.05) is 0 Å². The molecule has 0 amide bonds. The lowest BCUT2D eigenvalue weighted by Crippen LogP contribution is -3.00. The van der Waals surface area contributed by atoms with Crippen molar-refractivity contribution in [3.05, 3.63) is 0 Å². The average molecular weight is 177 g/mol. The molecule has 9 heteroatoms. The van der Waals surface area contributed by atoms with E-state index in [4.69, 9.17) is 0 Å². The molecule has 0 aliphatic carbocycles. The van der Waals surface area contributed by atoms with Gasteiger partial charge in [0.25, 0.3) is 0 Å². The molecule has 0 aromatic heterocycles. The molecule has 4 N–H and O–H groups in total. The fourth-order valence-corrected chi connectivity index (χ4v) is 0. The van der Waals surface area contributed by atoms with Crippen LogP contribution in [0.5, 0.6) is 0 Å². The summed E-state index contributed by atoms with van der Waals surface area (Å²) in [5.41, 5.74) is 0. The Morgan fingerprint density at radius 2 is 0.333 bits per heavy atom. The number of quaternary nitrogens is 1. The zero-order valence-corrected chi connectivity index (χ0v) is 4.24. The van der Waals surface area contributed by atoms with Crippen LogP contribution in [0.4, 0.5) is 32.9 Å². The van der Waals surface area contributed by atoms with Gasteiger partial charge in [0, 0.05) is 0 Å². The molecule has 0 unspecified atom stereocenters. The molecule has 0 fully saturated rings. The largest absolute Gasteiger partial charge is 1.00 e. The summed E-state index contributed by atoms with van der Waals surface area (Å²) in [6.07, 6.45) is 0. The Kier molecular flexibility index (Phi) is 120000. The molecule has 0 rings (SSSR count). The summed E-state index contributed by atoms with van der Waals surface area (Å²) in [5.74, 6) is 0. The first-order valence-electron chi connectivity index (χ1n) is 0. The molecule has 0 aromatic rings. The minimum Gasteiger partial charge on any atom is -1.00 e. The highest BCUT2D eigenvalue weighted by Gasteiger charge is -0.263. The highest BCUT2D eigenvalue weighted by atomic mass is 19.0. The van der Waals surface area contributed by atoms with Crippen LogP contribution in [0, 0.1) is 0 Å². The van der Waals surface area contributed by atoms with Crippen molar-refractivity contribution >= 4 is 0 Å². The van der Waals surface area contributed by atoms with Gasteiger partial charge in [0.2, 0.25) is 0 Å². The third-order valence-electron chi connectivity index (χ3n) is 0. The van der Waals surface area contributed by atoms with Crippen molar-refractivity contribution in [3.8, 4) is 0 Å². The van der Waals surface area contributed by atoms with E-state index in [1.807, 2.05) is 0 Å². The van der Waals surface area contributed by atoms with Crippen LogP contribution >= 0.6 is 0 Å². The molecule has 9 heavy (non-hydrogen) atoms. The van der Waals surface area contributed by atoms with E-state index in [0.29, 0.717) is 0 Å². The monoisotopic (exact) mass is 177 g/mol. The van der Waals surface area contributed by atoms with Crippen LogP contribution < -0.4 is 10.9 Å². The van der Waals surface area contributed by atoms with Crippen LogP contribution in [0.1, 0.15) is 0 Å². The Balaban J connectivity index is 0. The number of hydrogen-bond acceptors (Lipinski definition) is 0. The highest BCUT2D eigenvalue weighted by Crippen LogP contribution is 0.426. The Bertz CT molecular complexity index is 4.53. The van der Waals surface area contributed by atoms with Crippen LogP contribution in [0.3, 0.4) is 0 Å². The molecule has 0 aliphatic rings. The number of hydrogen-bond donors (Lipinski definition) is 1. The second-order valence-corrected chi connectivity index (χ2v) is 0. The number of halogens is 8. The molecule has 0 bridgehead atoms. The van der Waals surface area contributed by atoms with E-state index in [2.05, 4.69) is 0 Å². The Labute approximate surface area is 45.3 Å². The van der Waals surface area contributed by atoms with Gasteiger partial charge in [0.15, 0.2) is 0 Å². The maximum atomic E-state index is 0. The fourth-order valence-electron chi connectivity index (χ4n) is 0. The van der Waals surface area contributed by atoms with Gasteiger partial charge < -0.3 is 10.9 Å². The van der Waals surface area contributed by atoms with Crippen LogP contribution in [-0.4, -0.2) is 0 Å². The summed E-state index contributed by atoms with van der Waals surface area (Å²) in [5, 5.41) is 0. The van der Waals surface area contributed by atoms with Gasteiger partial charge in [0.05, 0.1) is 0 Å². The van der Waals surface area contributed by atoms with Crippen molar-refractivity contribution in [2.75, 3.05) is 0 Å². The minimum atomic E-state index is 0. The first kappa shape index (κ1) is 1280. The summed E-state index contributed by atoms with van der Waals surface area (Å²) >= 11 is 0. The van der Waals surface area contributed by atoms with Gasteiger partial charge in [0.1, 0.15) is 0 Å². The second kappa shape index (κ2) is 842. The molecular formula is H11F8N. The summed E-state index contributed by atoms with van der Waals surface area (Å²) in [4.78, 5) is 0. The van der Waals surface area contributed by atoms with E-state index in [1.165, 1.54) is 0 Å². The van der Waals surface area contributed by atoms with Crippen molar-refractivity contribution in [2.45, 2.75) is 0 Å². The molecule has 0 radical (unpaired) electrons. The van der Waals surface area contributed by atoms with E-state index in [-0.39, 0.29) is 43.8 Å². The smallest absolute Gasteiger partial charge is 0.269 e. The van der Waals surface area contributed by atoms with Crippen LogP contribution in [0.2, 0.25) is 0 Å². The van der Waals surface area contributed by atoms with E-state index in [1.54, 1.807) is 0 Å². The maximum Gasteiger partial charge on any atom is -0.269 e. The number of rotatable bonds is 0. The second-order valence-electron chi connectivity index (χ2n) is 0. The van der Waals surface area contributed by atoms with E-state index in [9.17, 15) is 0 Å². The SMILES string of the molecule is F.F.F.F.F.F.F.[F-].[NH4+]. The lowest BCUT2D eigenvalue weighted by Gasteiger charge is -1.00. The molecule has 0 aromatic carbocycles. The minimum absolute atomic E-state index is 0. The summed E-state index contributed by atoms with van der Waals surface area (Å²) in [7, 11) is 0. The molecule has 0 heterocycles. The van der Waals surface area contributed by atoms with E-state index in [0.717, 1.165) is 0 Å². The Hall–Kier alpha value is -0.600. The van der Waals surface area contributed by atoms with Gasteiger partial charge in [-0.2, -0.15) is 0 Å². The van der Waals surface area contributed by atoms with Gasteiger partial charge in [-0.25, -0.2) is 0 Å². The normalized spacial score (nSPS) is 0. The van der Waals surface area contributed by atoms with Crippen molar-refractivity contribution in [2.24, 2.45) is 0 Å². The van der Waals surface area contributed by atoms with Gasteiger partial charge >= 0.3 is 0 Å². The van der Waals surface area contributed by atoms with Crippen LogP contribution in [0.15, 0.2) is 0 Å². The summed E-state index contributed by atoms with van der Waals surface area (Å²) < 4.78 is 0. The highest BCUT2D eigenvalue weighted by molar-refractivity contribution is 2.13.